The van der Waals surface area contributed by atoms with Gasteiger partial charge in [0, 0.05) is 22.0 Å². The van der Waals surface area contributed by atoms with Crippen LogP contribution in [0.2, 0.25) is 10.2 Å². The van der Waals surface area contributed by atoms with Crippen LogP contribution in [0.15, 0.2) is 10.3 Å². The Morgan fingerprint density at radius 2 is 2.06 bits per heavy atom. The first-order valence-corrected chi connectivity index (χ1v) is 7.70. The molecule has 2 heterocycles. The number of nitrogens with two attached hydrogens (primary N) is 1. The molecular weight excluding hydrogens is 309 g/mol. The molecule has 2 N–H and O–H groups in total. The van der Waals surface area contributed by atoms with E-state index in [0.717, 1.165) is 21.2 Å². The molecule has 2 rings (SSSR count). The molecular formula is C11H11Cl2N3S2. The van der Waals surface area contributed by atoms with Gasteiger partial charge in [-0.3, -0.25) is 0 Å². The topological polar surface area (TPSA) is 51.8 Å². The lowest BCUT2D eigenvalue weighted by Crippen LogP contribution is -1.91. The smallest absolute Gasteiger partial charge is 0.181 e. The van der Waals surface area contributed by atoms with Crippen molar-refractivity contribution >= 4 is 51.4 Å². The molecule has 0 unspecified atom stereocenters. The van der Waals surface area contributed by atoms with Crippen molar-refractivity contribution < 1.29 is 0 Å². The van der Waals surface area contributed by atoms with Crippen LogP contribution in [0.25, 0.3) is 0 Å². The van der Waals surface area contributed by atoms with Gasteiger partial charge in [0.1, 0.15) is 5.15 Å². The summed E-state index contributed by atoms with van der Waals surface area (Å²) in [6, 6.07) is 1.82. The number of nitrogen functional groups attached to an aromatic ring is 1. The zero-order valence-corrected chi connectivity index (χ0v) is 13.0. The second-order valence-corrected chi connectivity index (χ2v) is 6.77. The van der Waals surface area contributed by atoms with Gasteiger partial charge in [-0.15, -0.1) is 11.8 Å². The second kappa shape index (κ2) is 5.65. The van der Waals surface area contributed by atoms with E-state index in [1.165, 1.54) is 11.3 Å². The lowest BCUT2D eigenvalue weighted by Gasteiger charge is -2.06. The Hall–Kier alpha value is -0.490. The van der Waals surface area contributed by atoms with Gasteiger partial charge in [-0.05, 0) is 19.9 Å². The van der Waals surface area contributed by atoms with Gasteiger partial charge < -0.3 is 5.73 Å². The standard InChI is InChI=1S/C11H11Cl2N3S2/c1-5-3-8(12)7(9(13)15-5)4-17-10-6(2)16-11(14)18-10/h3H,4H2,1-2H3,(H2,14,16). The first-order chi connectivity index (χ1) is 8.47. The fourth-order valence-electron chi connectivity index (χ4n) is 1.43. The fraction of sp³-hybridized carbons (Fsp3) is 0.273. The summed E-state index contributed by atoms with van der Waals surface area (Å²) in [6.07, 6.45) is 0. The quantitative estimate of drug-likeness (QED) is 0.675. The van der Waals surface area contributed by atoms with Crippen LogP contribution in [-0.4, -0.2) is 9.97 Å². The van der Waals surface area contributed by atoms with Gasteiger partial charge in [0.25, 0.3) is 0 Å². The Bertz CT molecular complexity index is 561. The van der Waals surface area contributed by atoms with Crippen LogP contribution in [0.5, 0.6) is 0 Å². The van der Waals surface area contributed by atoms with Crippen molar-refractivity contribution in [1.82, 2.24) is 9.97 Å². The maximum Gasteiger partial charge on any atom is 0.181 e. The largest absolute Gasteiger partial charge is 0.375 e. The molecule has 0 saturated heterocycles. The molecule has 0 aromatic carbocycles. The average Bonchev–Trinajstić information content (AvgIpc) is 2.55. The molecule has 2 aromatic heterocycles. The number of hydrogen-bond acceptors (Lipinski definition) is 5. The molecule has 0 fully saturated rings. The van der Waals surface area contributed by atoms with Crippen LogP contribution in [-0.2, 0) is 5.75 Å². The molecule has 96 valence electrons. The van der Waals surface area contributed by atoms with Crippen LogP contribution < -0.4 is 5.73 Å². The minimum Gasteiger partial charge on any atom is -0.375 e. The Morgan fingerprint density at radius 1 is 1.33 bits per heavy atom. The molecule has 0 spiro atoms. The van der Waals surface area contributed by atoms with Crippen LogP contribution in [0.3, 0.4) is 0 Å². The van der Waals surface area contributed by atoms with Crippen LogP contribution >= 0.6 is 46.3 Å². The highest BCUT2D eigenvalue weighted by molar-refractivity contribution is 8.00. The maximum absolute atomic E-state index is 6.17. The van der Waals surface area contributed by atoms with Gasteiger partial charge in [0.15, 0.2) is 5.13 Å². The van der Waals surface area contributed by atoms with Gasteiger partial charge in [-0.2, -0.15) is 0 Å². The van der Waals surface area contributed by atoms with Gasteiger partial charge in [0.2, 0.25) is 0 Å². The van der Waals surface area contributed by atoms with E-state index in [4.69, 9.17) is 28.9 Å². The summed E-state index contributed by atoms with van der Waals surface area (Å²) in [5.74, 6) is 0.660. The summed E-state index contributed by atoms with van der Waals surface area (Å²) >= 11 is 15.4. The number of pyridine rings is 1. The normalized spacial score (nSPS) is 10.9. The predicted octanol–water partition coefficient (Wildman–Crippen LogP) is 4.34. The van der Waals surface area contributed by atoms with E-state index in [2.05, 4.69) is 9.97 Å². The molecule has 2 aromatic rings. The molecule has 0 radical (unpaired) electrons. The first kappa shape index (κ1) is 13.9. The lowest BCUT2D eigenvalue weighted by molar-refractivity contribution is 1.16. The summed E-state index contributed by atoms with van der Waals surface area (Å²) in [6.45, 7) is 3.80. The van der Waals surface area contributed by atoms with E-state index < -0.39 is 0 Å². The SMILES string of the molecule is Cc1cc(Cl)c(CSc2sc(N)nc2C)c(Cl)n1. The predicted molar refractivity (Wildman–Crippen MR) is 79.8 cm³/mol. The third-order valence-electron chi connectivity index (χ3n) is 2.27. The highest BCUT2D eigenvalue weighted by Crippen LogP contribution is 2.36. The number of halogens is 2. The molecule has 0 aliphatic carbocycles. The van der Waals surface area contributed by atoms with Gasteiger partial charge in [-0.25, -0.2) is 9.97 Å². The average molecular weight is 320 g/mol. The van der Waals surface area contributed by atoms with E-state index in [1.54, 1.807) is 11.8 Å². The summed E-state index contributed by atoms with van der Waals surface area (Å²) in [5.41, 5.74) is 8.26. The Morgan fingerprint density at radius 3 is 2.61 bits per heavy atom. The van der Waals surface area contributed by atoms with Crippen molar-refractivity contribution in [2.24, 2.45) is 0 Å². The van der Waals surface area contributed by atoms with E-state index in [-0.39, 0.29) is 0 Å². The molecule has 0 bridgehead atoms. The van der Waals surface area contributed by atoms with Crippen molar-refractivity contribution in [3.8, 4) is 0 Å². The number of rotatable bonds is 3. The summed E-state index contributed by atoms with van der Waals surface area (Å²) in [4.78, 5) is 8.38. The van der Waals surface area contributed by atoms with E-state index in [1.807, 2.05) is 19.9 Å². The number of nitrogens with zero attached hydrogens (tertiary/aromatic N) is 2. The number of aryl methyl sites for hydroxylation is 2. The molecule has 0 aliphatic heterocycles. The molecule has 18 heavy (non-hydrogen) atoms. The monoisotopic (exact) mass is 319 g/mol. The van der Waals surface area contributed by atoms with Crippen molar-refractivity contribution in [2.75, 3.05) is 5.73 Å². The summed E-state index contributed by atoms with van der Waals surface area (Å²) < 4.78 is 1.08. The molecule has 0 aliphatic rings. The first-order valence-electron chi connectivity index (χ1n) is 5.14. The minimum atomic E-state index is 0.461. The highest BCUT2D eigenvalue weighted by Gasteiger charge is 2.12. The number of aromatic nitrogens is 2. The molecule has 7 heteroatoms. The Labute approximate surface area is 124 Å². The summed E-state index contributed by atoms with van der Waals surface area (Å²) in [5, 5.41) is 1.69. The van der Waals surface area contributed by atoms with Crippen molar-refractivity contribution in [3.63, 3.8) is 0 Å². The zero-order valence-electron chi connectivity index (χ0n) is 9.83. The van der Waals surface area contributed by atoms with Gasteiger partial charge >= 0.3 is 0 Å². The fourth-order valence-corrected chi connectivity index (χ4v) is 4.31. The Kier molecular flexibility index (Phi) is 4.37. The third kappa shape index (κ3) is 3.09. The van der Waals surface area contributed by atoms with Crippen LogP contribution in [0.4, 0.5) is 5.13 Å². The van der Waals surface area contributed by atoms with Crippen molar-refractivity contribution in [2.45, 2.75) is 23.8 Å². The second-order valence-electron chi connectivity index (χ2n) is 3.73. The van der Waals surface area contributed by atoms with E-state index >= 15 is 0 Å². The highest BCUT2D eigenvalue weighted by atomic mass is 35.5. The number of thioether (sulfide) groups is 1. The molecule has 0 amide bonds. The molecule has 0 saturated carbocycles. The number of anilines is 1. The third-order valence-corrected chi connectivity index (χ3v) is 5.29. The maximum atomic E-state index is 6.17. The minimum absolute atomic E-state index is 0.461. The molecule has 0 atom stereocenters. The lowest BCUT2D eigenvalue weighted by atomic mass is 10.3. The van der Waals surface area contributed by atoms with Gasteiger partial charge in [-0.1, -0.05) is 34.5 Å². The van der Waals surface area contributed by atoms with Gasteiger partial charge in [0.05, 0.1) is 9.90 Å². The van der Waals surface area contributed by atoms with Crippen LogP contribution in [0, 0.1) is 13.8 Å². The van der Waals surface area contributed by atoms with E-state index in [9.17, 15) is 0 Å². The van der Waals surface area contributed by atoms with E-state index in [0.29, 0.717) is 21.1 Å². The van der Waals surface area contributed by atoms with Crippen LogP contribution in [0.1, 0.15) is 17.0 Å². The van der Waals surface area contributed by atoms with Crippen molar-refractivity contribution in [1.29, 1.82) is 0 Å². The summed E-state index contributed by atoms with van der Waals surface area (Å²) in [7, 11) is 0. The zero-order chi connectivity index (χ0) is 13.3. The van der Waals surface area contributed by atoms with Crippen molar-refractivity contribution in [3.05, 3.63) is 33.2 Å². The number of thiazole rings is 1. The Balaban J connectivity index is 2.18. The number of hydrogen-bond donors (Lipinski definition) is 1. The molecule has 3 nitrogen and oxygen atoms in total.